The zero-order chi connectivity index (χ0) is 19.2. The number of anilines is 1. The fourth-order valence-corrected chi connectivity index (χ4v) is 3.45. The summed E-state index contributed by atoms with van der Waals surface area (Å²) >= 11 is 0. The molecule has 1 heterocycles. The first-order valence-electron chi connectivity index (χ1n) is 9.49. The second-order valence-corrected chi connectivity index (χ2v) is 7.18. The van der Waals surface area contributed by atoms with Crippen molar-refractivity contribution in [2.24, 2.45) is 0 Å². The normalized spacial score (nSPS) is 16.0. The Balaban J connectivity index is 1.75. The summed E-state index contributed by atoms with van der Waals surface area (Å²) in [4.78, 5) is 17.2. The molecule has 0 saturated carbocycles. The number of morpholine rings is 1. The van der Waals surface area contributed by atoms with Gasteiger partial charge in [-0.15, -0.1) is 0 Å². The highest BCUT2D eigenvalue weighted by molar-refractivity contribution is 5.95. The van der Waals surface area contributed by atoms with Gasteiger partial charge in [0.15, 0.2) is 0 Å². The van der Waals surface area contributed by atoms with Gasteiger partial charge in [0.1, 0.15) is 0 Å². The number of carbonyl (C=O) groups is 1. The van der Waals surface area contributed by atoms with E-state index in [4.69, 9.17) is 4.74 Å². The Hall–Kier alpha value is -2.37. The van der Waals surface area contributed by atoms with E-state index < -0.39 is 0 Å². The molecule has 0 radical (unpaired) electrons. The number of hydrogen-bond donors (Lipinski definition) is 1. The van der Waals surface area contributed by atoms with Crippen molar-refractivity contribution in [1.82, 2.24) is 10.2 Å². The number of amides is 1. The smallest absolute Gasteiger partial charge is 0.251 e. The number of aryl methyl sites for hydroxylation is 1. The summed E-state index contributed by atoms with van der Waals surface area (Å²) in [7, 11) is 4.08. The lowest BCUT2D eigenvalue weighted by Crippen LogP contribution is -2.43. The molecular weight excluding hydrogens is 338 g/mol. The lowest BCUT2D eigenvalue weighted by molar-refractivity contribution is 0.0162. The van der Waals surface area contributed by atoms with E-state index in [9.17, 15) is 4.79 Å². The van der Waals surface area contributed by atoms with Crippen molar-refractivity contribution in [1.29, 1.82) is 0 Å². The Kier molecular flexibility index (Phi) is 6.48. The number of rotatable bonds is 6. The maximum atomic E-state index is 12.7. The second kappa shape index (κ2) is 9.02. The first-order chi connectivity index (χ1) is 13.1. The number of carbonyl (C=O) groups excluding carboxylic acids is 1. The molecule has 144 valence electrons. The SMILES string of the molecule is Cc1ccccc1C(=O)NC[C@@H](c1ccc(N(C)C)cc1)N1CCOCC1. The van der Waals surface area contributed by atoms with Crippen LogP contribution in [0.3, 0.4) is 0 Å². The van der Waals surface area contributed by atoms with Crippen LogP contribution in [0, 0.1) is 6.92 Å². The molecule has 1 N–H and O–H groups in total. The number of ether oxygens (including phenoxy) is 1. The molecule has 1 fully saturated rings. The van der Waals surface area contributed by atoms with Gasteiger partial charge in [-0.1, -0.05) is 30.3 Å². The summed E-state index contributed by atoms with van der Waals surface area (Å²) in [6, 6.07) is 16.4. The van der Waals surface area contributed by atoms with Crippen LogP contribution >= 0.6 is 0 Å². The highest BCUT2D eigenvalue weighted by Crippen LogP contribution is 2.24. The lowest BCUT2D eigenvalue weighted by Gasteiger charge is -2.35. The minimum atomic E-state index is -0.0173. The minimum Gasteiger partial charge on any atom is -0.379 e. The summed E-state index contributed by atoms with van der Waals surface area (Å²) in [6.07, 6.45) is 0. The van der Waals surface area contributed by atoms with Gasteiger partial charge < -0.3 is 15.0 Å². The summed E-state index contributed by atoms with van der Waals surface area (Å²) in [6.45, 7) is 5.76. The van der Waals surface area contributed by atoms with Crippen molar-refractivity contribution in [3.63, 3.8) is 0 Å². The zero-order valence-corrected chi connectivity index (χ0v) is 16.4. The molecule has 5 heteroatoms. The first kappa shape index (κ1) is 19.4. The molecule has 0 unspecified atom stereocenters. The molecule has 27 heavy (non-hydrogen) atoms. The van der Waals surface area contributed by atoms with Crippen LogP contribution in [-0.2, 0) is 4.74 Å². The third-order valence-corrected chi connectivity index (χ3v) is 5.13. The number of nitrogens with zero attached hydrogens (tertiary/aromatic N) is 2. The molecule has 1 saturated heterocycles. The minimum absolute atomic E-state index is 0.0173. The third kappa shape index (κ3) is 4.87. The van der Waals surface area contributed by atoms with Gasteiger partial charge in [0, 0.05) is 45.0 Å². The van der Waals surface area contributed by atoms with E-state index in [0.29, 0.717) is 6.54 Å². The molecule has 0 spiro atoms. The number of hydrogen-bond acceptors (Lipinski definition) is 4. The van der Waals surface area contributed by atoms with Crippen molar-refractivity contribution < 1.29 is 9.53 Å². The van der Waals surface area contributed by atoms with Gasteiger partial charge in [-0.05, 0) is 36.2 Å². The Morgan fingerprint density at radius 3 is 2.41 bits per heavy atom. The quantitative estimate of drug-likeness (QED) is 0.853. The van der Waals surface area contributed by atoms with Gasteiger partial charge in [0.25, 0.3) is 5.91 Å². The largest absolute Gasteiger partial charge is 0.379 e. The average Bonchev–Trinajstić information content (AvgIpc) is 2.69. The van der Waals surface area contributed by atoms with E-state index in [1.165, 1.54) is 11.3 Å². The van der Waals surface area contributed by atoms with E-state index in [2.05, 4.69) is 39.4 Å². The van der Waals surface area contributed by atoms with Gasteiger partial charge in [-0.3, -0.25) is 9.69 Å². The van der Waals surface area contributed by atoms with Crippen LogP contribution < -0.4 is 10.2 Å². The molecule has 2 aromatic rings. The number of benzene rings is 2. The molecule has 1 aliphatic heterocycles. The summed E-state index contributed by atoms with van der Waals surface area (Å²) in [5.74, 6) is -0.0173. The van der Waals surface area contributed by atoms with Crippen LogP contribution in [0.4, 0.5) is 5.69 Å². The average molecular weight is 367 g/mol. The van der Waals surface area contributed by atoms with E-state index in [1.807, 2.05) is 45.3 Å². The van der Waals surface area contributed by atoms with Crippen molar-refractivity contribution in [2.75, 3.05) is 51.8 Å². The van der Waals surface area contributed by atoms with Crippen LogP contribution in [0.25, 0.3) is 0 Å². The molecule has 0 bridgehead atoms. The van der Waals surface area contributed by atoms with Crippen molar-refractivity contribution in [3.8, 4) is 0 Å². The van der Waals surface area contributed by atoms with Crippen LogP contribution in [-0.4, -0.2) is 57.8 Å². The Bertz CT molecular complexity index is 752. The van der Waals surface area contributed by atoms with Gasteiger partial charge in [0.05, 0.1) is 19.3 Å². The second-order valence-electron chi connectivity index (χ2n) is 7.18. The van der Waals surface area contributed by atoms with Crippen LogP contribution in [0.15, 0.2) is 48.5 Å². The summed E-state index contributed by atoms with van der Waals surface area (Å²) in [5, 5.41) is 3.14. The molecule has 1 amide bonds. The first-order valence-corrected chi connectivity index (χ1v) is 9.49. The van der Waals surface area contributed by atoms with E-state index in [1.54, 1.807) is 0 Å². The fourth-order valence-electron chi connectivity index (χ4n) is 3.45. The van der Waals surface area contributed by atoms with Crippen LogP contribution in [0.2, 0.25) is 0 Å². The molecular formula is C22H29N3O2. The molecule has 0 aromatic heterocycles. The van der Waals surface area contributed by atoms with Gasteiger partial charge in [-0.25, -0.2) is 0 Å². The molecule has 1 atom stereocenters. The third-order valence-electron chi connectivity index (χ3n) is 5.13. The van der Waals surface area contributed by atoms with E-state index in [-0.39, 0.29) is 11.9 Å². The van der Waals surface area contributed by atoms with Crippen LogP contribution in [0.5, 0.6) is 0 Å². The molecule has 5 nitrogen and oxygen atoms in total. The Labute approximate surface area is 161 Å². The van der Waals surface area contributed by atoms with Crippen molar-refractivity contribution in [3.05, 3.63) is 65.2 Å². The molecule has 3 rings (SSSR count). The van der Waals surface area contributed by atoms with Crippen LogP contribution in [0.1, 0.15) is 27.5 Å². The topological polar surface area (TPSA) is 44.8 Å². The predicted octanol–water partition coefficient (Wildman–Crippen LogP) is 2.86. The number of nitrogens with one attached hydrogen (secondary N) is 1. The van der Waals surface area contributed by atoms with Gasteiger partial charge >= 0.3 is 0 Å². The fraction of sp³-hybridized carbons (Fsp3) is 0.409. The Morgan fingerprint density at radius 1 is 1.11 bits per heavy atom. The van der Waals surface area contributed by atoms with Gasteiger partial charge in [-0.2, -0.15) is 0 Å². The highest BCUT2D eigenvalue weighted by Gasteiger charge is 2.23. The summed E-state index contributed by atoms with van der Waals surface area (Å²) in [5.41, 5.74) is 4.12. The molecule has 1 aliphatic rings. The molecule has 0 aliphatic carbocycles. The maximum absolute atomic E-state index is 12.7. The lowest BCUT2D eigenvalue weighted by atomic mass is 10.0. The Morgan fingerprint density at radius 2 is 1.78 bits per heavy atom. The van der Waals surface area contributed by atoms with Crippen molar-refractivity contribution >= 4 is 11.6 Å². The molecule has 2 aromatic carbocycles. The predicted molar refractivity (Wildman–Crippen MR) is 109 cm³/mol. The van der Waals surface area contributed by atoms with E-state index >= 15 is 0 Å². The van der Waals surface area contributed by atoms with E-state index in [0.717, 1.165) is 37.4 Å². The maximum Gasteiger partial charge on any atom is 0.251 e. The zero-order valence-electron chi connectivity index (χ0n) is 16.4. The van der Waals surface area contributed by atoms with Crippen molar-refractivity contribution in [2.45, 2.75) is 13.0 Å². The standard InChI is InChI=1S/C22H29N3O2/c1-17-6-4-5-7-20(17)22(26)23-16-21(25-12-14-27-15-13-25)18-8-10-19(11-9-18)24(2)3/h4-11,21H,12-16H2,1-3H3,(H,23,26)/t21-/m0/s1. The summed E-state index contributed by atoms with van der Waals surface area (Å²) < 4.78 is 5.51. The monoisotopic (exact) mass is 367 g/mol. The van der Waals surface area contributed by atoms with Gasteiger partial charge in [0.2, 0.25) is 0 Å². The highest BCUT2D eigenvalue weighted by atomic mass is 16.5.